The molecule has 1 unspecified atom stereocenters. The Morgan fingerprint density at radius 1 is 0.818 bits per heavy atom. The summed E-state index contributed by atoms with van der Waals surface area (Å²) < 4.78 is 0. The van der Waals surface area contributed by atoms with Gasteiger partial charge in [-0.2, -0.15) is 0 Å². The SMILES string of the molecule is CC(C=CN(CC(=O)O)CC(=O)O)N(CC(=O)O)CC(=O)O. The molecule has 0 saturated heterocycles. The second-order valence-corrected chi connectivity index (χ2v) is 4.47. The summed E-state index contributed by atoms with van der Waals surface area (Å²) in [6.45, 7) is -0.617. The van der Waals surface area contributed by atoms with Gasteiger partial charge in [0, 0.05) is 6.04 Å². The van der Waals surface area contributed by atoms with Crippen LogP contribution in [0.5, 0.6) is 0 Å². The molecule has 0 saturated carbocycles. The lowest BCUT2D eigenvalue weighted by atomic mass is 10.2. The molecule has 0 fully saturated rings. The van der Waals surface area contributed by atoms with Gasteiger partial charge in [-0.3, -0.25) is 24.1 Å². The standard InChI is InChI=1S/C12H18N2O8/c1-8(14(6-11(19)20)7-12(21)22)2-3-13(4-9(15)16)5-10(17)18/h2-3,8H,4-7H2,1H3,(H,15,16)(H,17,18)(H,19,20)(H,21,22). The maximum atomic E-state index is 10.7. The van der Waals surface area contributed by atoms with Crippen molar-refractivity contribution in [3.63, 3.8) is 0 Å². The van der Waals surface area contributed by atoms with E-state index < -0.39 is 56.1 Å². The average molecular weight is 318 g/mol. The van der Waals surface area contributed by atoms with Crippen molar-refractivity contribution in [3.05, 3.63) is 12.3 Å². The molecular weight excluding hydrogens is 300 g/mol. The highest BCUT2D eigenvalue weighted by Gasteiger charge is 2.18. The molecule has 0 aliphatic carbocycles. The van der Waals surface area contributed by atoms with Crippen molar-refractivity contribution in [1.82, 2.24) is 9.80 Å². The third-order valence-corrected chi connectivity index (χ3v) is 2.50. The highest BCUT2D eigenvalue weighted by Crippen LogP contribution is 2.02. The maximum Gasteiger partial charge on any atom is 0.323 e. The number of carboxylic acid groups (broad SMARTS) is 4. The van der Waals surface area contributed by atoms with Crippen molar-refractivity contribution in [2.45, 2.75) is 13.0 Å². The van der Waals surface area contributed by atoms with Crippen LogP contribution in [0.15, 0.2) is 12.3 Å². The smallest absolute Gasteiger partial charge is 0.323 e. The summed E-state index contributed by atoms with van der Waals surface area (Å²) in [7, 11) is 0. The third-order valence-electron chi connectivity index (χ3n) is 2.50. The van der Waals surface area contributed by atoms with Crippen LogP contribution in [0.25, 0.3) is 0 Å². The van der Waals surface area contributed by atoms with E-state index in [1.54, 1.807) is 0 Å². The fourth-order valence-corrected chi connectivity index (χ4v) is 1.57. The minimum atomic E-state index is -1.23. The van der Waals surface area contributed by atoms with E-state index in [1.165, 1.54) is 19.2 Å². The Morgan fingerprint density at radius 3 is 1.50 bits per heavy atom. The summed E-state index contributed by atoms with van der Waals surface area (Å²) in [6, 6.07) is -0.641. The van der Waals surface area contributed by atoms with Crippen LogP contribution in [0.4, 0.5) is 0 Å². The molecule has 0 aromatic rings. The van der Waals surface area contributed by atoms with Crippen molar-refractivity contribution in [2.75, 3.05) is 26.2 Å². The van der Waals surface area contributed by atoms with Crippen LogP contribution in [0.2, 0.25) is 0 Å². The molecule has 0 heterocycles. The van der Waals surface area contributed by atoms with Gasteiger partial charge in [-0.25, -0.2) is 0 Å². The van der Waals surface area contributed by atoms with Gasteiger partial charge in [-0.1, -0.05) is 6.08 Å². The molecule has 1 atom stereocenters. The van der Waals surface area contributed by atoms with E-state index in [2.05, 4.69) is 0 Å². The molecule has 0 aromatic heterocycles. The molecule has 0 rings (SSSR count). The molecule has 10 heteroatoms. The zero-order valence-electron chi connectivity index (χ0n) is 11.9. The number of carbonyl (C=O) groups is 4. The number of aliphatic carboxylic acids is 4. The van der Waals surface area contributed by atoms with Crippen molar-refractivity contribution in [2.24, 2.45) is 0 Å². The third kappa shape index (κ3) is 9.31. The molecule has 0 aliphatic heterocycles. The van der Waals surface area contributed by atoms with Crippen LogP contribution in [-0.4, -0.2) is 86.3 Å². The quantitative estimate of drug-likeness (QED) is 0.366. The second kappa shape index (κ2) is 9.34. The summed E-state index contributed by atoms with van der Waals surface area (Å²) in [4.78, 5) is 44.8. The Bertz CT molecular complexity index is 430. The van der Waals surface area contributed by atoms with Crippen LogP contribution in [0.3, 0.4) is 0 Å². The summed E-state index contributed by atoms with van der Waals surface area (Å²) in [5.41, 5.74) is 0. The minimum absolute atomic E-state index is 0.518. The van der Waals surface area contributed by atoms with Gasteiger partial charge < -0.3 is 25.3 Å². The van der Waals surface area contributed by atoms with E-state index in [0.717, 1.165) is 9.80 Å². The van der Waals surface area contributed by atoms with Crippen LogP contribution < -0.4 is 0 Å². The van der Waals surface area contributed by atoms with Gasteiger partial charge in [0.1, 0.15) is 13.1 Å². The molecule has 4 N–H and O–H groups in total. The second-order valence-electron chi connectivity index (χ2n) is 4.47. The summed E-state index contributed by atoms with van der Waals surface area (Å²) in [5.74, 6) is -4.89. The molecule has 0 aromatic carbocycles. The Morgan fingerprint density at radius 2 is 1.18 bits per heavy atom. The first-order valence-corrected chi connectivity index (χ1v) is 6.15. The fraction of sp³-hybridized carbons (Fsp3) is 0.500. The molecule has 10 nitrogen and oxygen atoms in total. The first kappa shape index (κ1) is 19.4. The largest absolute Gasteiger partial charge is 0.480 e. The number of rotatable bonds is 11. The predicted octanol–water partition coefficient (Wildman–Crippen LogP) is -1.17. The first-order chi connectivity index (χ1) is 10.1. The number of hydrogen-bond acceptors (Lipinski definition) is 6. The van der Waals surface area contributed by atoms with E-state index in [0.29, 0.717) is 0 Å². The Labute approximate surface area is 125 Å². The van der Waals surface area contributed by atoms with Gasteiger partial charge >= 0.3 is 23.9 Å². The minimum Gasteiger partial charge on any atom is -0.480 e. The van der Waals surface area contributed by atoms with E-state index in [9.17, 15) is 19.2 Å². The molecule has 0 radical (unpaired) electrons. The lowest BCUT2D eigenvalue weighted by Gasteiger charge is -2.24. The van der Waals surface area contributed by atoms with Crippen molar-refractivity contribution >= 4 is 23.9 Å². The Kier molecular flexibility index (Phi) is 8.23. The van der Waals surface area contributed by atoms with Crippen molar-refractivity contribution in [3.8, 4) is 0 Å². The molecular formula is C12H18N2O8. The maximum absolute atomic E-state index is 10.7. The van der Waals surface area contributed by atoms with Gasteiger partial charge in [0.2, 0.25) is 0 Å². The zero-order chi connectivity index (χ0) is 17.3. The van der Waals surface area contributed by atoms with Crippen molar-refractivity contribution in [1.29, 1.82) is 0 Å². The summed E-state index contributed by atoms with van der Waals surface area (Å²) >= 11 is 0. The van der Waals surface area contributed by atoms with Crippen LogP contribution >= 0.6 is 0 Å². The molecule has 0 bridgehead atoms. The van der Waals surface area contributed by atoms with Crippen LogP contribution in [-0.2, 0) is 19.2 Å². The predicted molar refractivity (Wildman–Crippen MR) is 72.3 cm³/mol. The van der Waals surface area contributed by atoms with E-state index >= 15 is 0 Å². The monoisotopic (exact) mass is 318 g/mol. The van der Waals surface area contributed by atoms with Gasteiger partial charge in [-0.05, 0) is 13.1 Å². The highest BCUT2D eigenvalue weighted by molar-refractivity contribution is 5.73. The fourth-order valence-electron chi connectivity index (χ4n) is 1.57. The Balaban J connectivity index is 4.91. The van der Waals surface area contributed by atoms with Gasteiger partial charge in [0.25, 0.3) is 0 Å². The molecule has 22 heavy (non-hydrogen) atoms. The lowest BCUT2D eigenvalue weighted by Crippen LogP contribution is -2.40. The summed E-state index contributed by atoms with van der Waals surface area (Å²) in [5, 5.41) is 34.8. The highest BCUT2D eigenvalue weighted by atomic mass is 16.4. The topological polar surface area (TPSA) is 156 Å². The number of carboxylic acids is 4. The number of nitrogens with zero attached hydrogens (tertiary/aromatic N) is 2. The Hall–Kier alpha value is -2.62. The van der Waals surface area contributed by atoms with Crippen LogP contribution in [0, 0.1) is 0 Å². The van der Waals surface area contributed by atoms with Crippen LogP contribution in [0.1, 0.15) is 6.92 Å². The summed E-state index contributed by atoms with van der Waals surface area (Å²) in [6.07, 6.45) is 2.54. The van der Waals surface area contributed by atoms with Crippen molar-refractivity contribution < 1.29 is 39.6 Å². The van der Waals surface area contributed by atoms with E-state index in [4.69, 9.17) is 20.4 Å². The number of hydrogen-bond donors (Lipinski definition) is 4. The van der Waals surface area contributed by atoms with Gasteiger partial charge in [0.15, 0.2) is 0 Å². The van der Waals surface area contributed by atoms with E-state index in [-0.39, 0.29) is 0 Å². The lowest BCUT2D eigenvalue weighted by molar-refractivity contribution is -0.143. The molecule has 0 spiro atoms. The first-order valence-electron chi connectivity index (χ1n) is 6.15. The van der Waals surface area contributed by atoms with Gasteiger partial charge in [-0.15, -0.1) is 0 Å². The molecule has 0 aliphatic rings. The normalized spacial score (nSPS) is 12.3. The molecule has 124 valence electrons. The average Bonchev–Trinajstić information content (AvgIpc) is 2.32. The molecule has 0 amide bonds. The van der Waals surface area contributed by atoms with E-state index in [1.807, 2.05) is 0 Å². The zero-order valence-corrected chi connectivity index (χ0v) is 11.9. The van der Waals surface area contributed by atoms with Gasteiger partial charge in [0.05, 0.1) is 13.1 Å².